The maximum absolute atomic E-state index is 13.1. The summed E-state index contributed by atoms with van der Waals surface area (Å²) in [4.78, 5) is 15.7. The van der Waals surface area contributed by atoms with E-state index in [0.717, 1.165) is 13.1 Å². The third kappa shape index (κ3) is 4.09. The van der Waals surface area contributed by atoms with Crippen LogP contribution in [0.4, 0.5) is 14.9 Å². The van der Waals surface area contributed by atoms with E-state index in [-0.39, 0.29) is 11.8 Å². The van der Waals surface area contributed by atoms with E-state index < -0.39 is 0 Å². The zero-order valence-corrected chi connectivity index (χ0v) is 13.8. The van der Waals surface area contributed by atoms with Crippen LogP contribution < -0.4 is 10.6 Å². The summed E-state index contributed by atoms with van der Waals surface area (Å²) in [6.07, 6.45) is 0. The van der Waals surface area contributed by atoms with E-state index in [2.05, 4.69) is 40.1 Å². The van der Waals surface area contributed by atoms with Crippen molar-refractivity contribution in [3.8, 4) is 0 Å². The summed E-state index contributed by atoms with van der Waals surface area (Å²) in [5, 5.41) is 7.67. The molecule has 2 amide bonds. The molecule has 3 rings (SSSR count). The number of hydrogen-bond acceptors (Lipinski definition) is 3. The molecule has 0 aliphatic carbocycles. The number of nitrogens with one attached hydrogen (secondary N) is 2. The van der Waals surface area contributed by atoms with Gasteiger partial charge in [0.2, 0.25) is 0 Å². The molecule has 1 aromatic carbocycles. The van der Waals surface area contributed by atoms with Gasteiger partial charge in [0.25, 0.3) is 0 Å². The Hall–Kier alpha value is -1.92. The van der Waals surface area contributed by atoms with Crippen LogP contribution >= 0.6 is 11.3 Å². The minimum atomic E-state index is -0.363. The van der Waals surface area contributed by atoms with Crippen LogP contribution in [0.15, 0.2) is 41.8 Å². The highest BCUT2D eigenvalue weighted by atomic mass is 32.1. The molecule has 0 bridgehead atoms. The second kappa shape index (κ2) is 7.10. The lowest BCUT2D eigenvalue weighted by Gasteiger charge is -2.18. The molecular formula is C17H20FN3OS. The van der Waals surface area contributed by atoms with Gasteiger partial charge in [-0.05, 0) is 42.6 Å². The van der Waals surface area contributed by atoms with Crippen molar-refractivity contribution in [2.45, 2.75) is 5.92 Å². The Labute approximate surface area is 139 Å². The lowest BCUT2D eigenvalue weighted by Crippen LogP contribution is -2.35. The molecule has 0 radical (unpaired) electrons. The van der Waals surface area contributed by atoms with E-state index in [1.54, 1.807) is 23.5 Å². The maximum Gasteiger partial charge on any atom is 0.319 e. The van der Waals surface area contributed by atoms with Crippen molar-refractivity contribution in [1.82, 2.24) is 10.2 Å². The number of carbonyl (C=O) groups excluding carboxylic acids is 1. The molecule has 0 spiro atoms. The van der Waals surface area contributed by atoms with Gasteiger partial charge < -0.3 is 15.5 Å². The van der Waals surface area contributed by atoms with E-state index in [1.807, 2.05) is 0 Å². The number of rotatable bonds is 4. The number of halogens is 1. The molecule has 4 nitrogen and oxygen atoms in total. The molecule has 1 aromatic heterocycles. The minimum Gasteiger partial charge on any atom is -0.338 e. The van der Waals surface area contributed by atoms with Crippen LogP contribution in [0.25, 0.3) is 0 Å². The van der Waals surface area contributed by atoms with Crippen molar-refractivity contribution >= 4 is 23.1 Å². The average Bonchev–Trinajstić information content (AvgIpc) is 3.14. The van der Waals surface area contributed by atoms with Crippen molar-refractivity contribution in [3.05, 3.63) is 52.5 Å². The number of benzene rings is 1. The number of urea groups is 1. The topological polar surface area (TPSA) is 44.4 Å². The Balaban J connectivity index is 1.55. The summed E-state index contributed by atoms with van der Waals surface area (Å²) < 4.78 is 13.1. The molecule has 1 fully saturated rings. The minimum absolute atomic E-state index is 0.296. The van der Waals surface area contributed by atoms with E-state index in [4.69, 9.17) is 0 Å². The molecule has 23 heavy (non-hydrogen) atoms. The molecule has 1 saturated heterocycles. The van der Waals surface area contributed by atoms with Gasteiger partial charge in [0.1, 0.15) is 5.82 Å². The van der Waals surface area contributed by atoms with Crippen molar-refractivity contribution in [1.29, 1.82) is 0 Å². The predicted octanol–water partition coefficient (Wildman–Crippen LogP) is 3.35. The first-order valence-corrected chi connectivity index (χ1v) is 8.52. The molecule has 1 aliphatic rings. The van der Waals surface area contributed by atoms with Crippen molar-refractivity contribution in [3.63, 3.8) is 0 Å². The molecule has 2 aromatic rings. The predicted molar refractivity (Wildman–Crippen MR) is 91.5 cm³/mol. The van der Waals surface area contributed by atoms with Crippen molar-refractivity contribution < 1.29 is 9.18 Å². The van der Waals surface area contributed by atoms with Crippen LogP contribution in [-0.2, 0) is 0 Å². The number of amides is 2. The van der Waals surface area contributed by atoms with Gasteiger partial charge in [-0.25, -0.2) is 9.18 Å². The quantitative estimate of drug-likeness (QED) is 0.901. The van der Waals surface area contributed by atoms with E-state index in [9.17, 15) is 9.18 Å². The second-order valence-electron chi connectivity index (χ2n) is 5.95. The molecule has 6 heteroatoms. The monoisotopic (exact) mass is 333 g/mol. The zero-order chi connectivity index (χ0) is 16.2. The maximum atomic E-state index is 13.1. The van der Waals surface area contributed by atoms with Crippen molar-refractivity contribution in [2.75, 3.05) is 32.0 Å². The number of nitrogens with zero attached hydrogens (tertiary/aromatic N) is 1. The van der Waals surface area contributed by atoms with Gasteiger partial charge in [-0.1, -0.05) is 12.1 Å². The van der Waals surface area contributed by atoms with Crippen LogP contribution in [0.5, 0.6) is 0 Å². The number of anilines is 1. The molecule has 0 unspecified atom stereocenters. The first kappa shape index (κ1) is 16.0. The molecule has 0 saturated carbocycles. The second-order valence-corrected chi connectivity index (χ2v) is 6.93. The summed E-state index contributed by atoms with van der Waals surface area (Å²) in [6, 6.07) is 9.83. The lowest BCUT2D eigenvalue weighted by atomic mass is 9.94. The fourth-order valence-electron chi connectivity index (χ4n) is 3.08. The average molecular weight is 333 g/mol. The van der Waals surface area contributed by atoms with E-state index >= 15 is 0 Å². The Bertz CT molecular complexity index is 662. The number of likely N-dealkylation sites (N-methyl/N-ethyl adjacent to an activating group) is 1. The smallest absolute Gasteiger partial charge is 0.319 e. The third-order valence-electron chi connectivity index (χ3n) is 4.14. The summed E-state index contributed by atoms with van der Waals surface area (Å²) in [6.45, 7) is 2.58. The van der Waals surface area contributed by atoms with E-state index in [1.165, 1.54) is 17.0 Å². The number of hydrogen-bond donors (Lipinski definition) is 2. The van der Waals surface area contributed by atoms with Gasteiger partial charge in [-0.2, -0.15) is 0 Å². The van der Waals surface area contributed by atoms with Crippen molar-refractivity contribution in [2.24, 2.45) is 5.92 Å². The summed E-state index contributed by atoms with van der Waals surface area (Å²) >= 11 is 1.77. The fourth-order valence-corrected chi connectivity index (χ4v) is 4.00. The van der Waals surface area contributed by atoms with Crippen LogP contribution in [0.1, 0.15) is 10.8 Å². The SMILES string of the molecule is CN1C[C@H](CNC(=O)Nc2cccc(F)c2)[C@@H](c2cccs2)C1. The van der Waals surface area contributed by atoms with Gasteiger partial charge in [0, 0.05) is 36.1 Å². The lowest BCUT2D eigenvalue weighted by molar-refractivity contribution is 0.249. The molecule has 1 aliphatic heterocycles. The van der Waals surface area contributed by atoms with Crippen LogP contribution in [0.2, 0.25) is 0 Å². The summed E-state index contributed by atoms with van der Waals surface area (Å²) in [5.41, 5.74) is 0.459. The van der Waals surface area contributed by atoms with Crippen LogP contribution in [0.3, 0.4) is 0 Å². The highest BCUT2D eigenvalue weighted by molar-refractivity contribution is 7.10. The van der Waals surface area contributed by atoms with Crippen LogP contribution in [0, 0.1) is 11.7 Å². The summed E-state index contributed by atoms with van der Waals surface area (Å²) in [7, 11) is 2.10. The Kier molecular flexibility index (Phi) is 4.93. The Morgan fingerprint density at radius 3 is 2.96 bits per heavy atom. The van der Waals surface area contributed by atoms with Gasteiger partial charge >= 0.3 is 6.03 Å². The number of likely N-dealkylation sites (tertiary alicyclic amines) is 1. The molecule has 2 atom stereocenters. The third-order valence-corrected chi connectivity index (χ3v) is 5.14. The van der Waals surface area contributed by atoms with Gasteiger partial charge in [-0.3, -0.25) is 0 Å². The highest BCUT2D eigenvalue weighted by Crippen LogP contribution is 2.34. The zero-order valence-electron chi connectivity index (χ0n) is 13.0. The van der Waals surface area contributed by atoms with Gasteiger partial charge in [0.15, 0.2) is 0 Å². The first-order chi connectivity index (χ1) is 11.1. The number of thiophene rings is 1. The highest BCUT2D eigenvalue weighted by Gasteiger charge is 2.32. The Morgan fingerprint density at radius 1 is 1.35 bits per heavy atom. The van der Waals surface area contributed by atoms with Gasteiger partial charge in [0.05, 0.1) is 0 Å². The number of carbonyl (C=O) groups is 1. The first-order valence-electron chi connectivity index (χ1n) is 7.64. The molecule has 2 heterocycles. The molecular weight excluding hydrogens is 313 g/mol. The molecule has 2 N–H and O–H groups in total. The fraction of sp³-hybridized carbons (Fsp3) is 0.353. The summed E-state index contributed by atoms with van der Waals surface area (Å²) in [5.74, 6) is 0.476. The van der Waals surface area contributed by atoms with Crippen LogP contribution in [-0.4, -0.2) is 37.6 Å². The molecule has 122 valence electrons. The largest absolute Gasteiger partial charge is 0.338 e. The van der Waals surface area contributed by atoms with E-state index in [0.29, 0.717) is 24.1 Å². The standard InChI is InChI=1S/C17H20FN3OS/c1-21-10-12(15(11-21)16-6-3-7-23-16)9-19-17(22)20-14-5-2-4-13(18)8-14/h2-8,12,15H,9-11H2,1H3,(H2,19,20,22)/t12-,15-/m0/s1. The van der Waals surface area contributed by atoms with Gasteiger partial charge in [-0.15, -0.1) is 11.3 Å². The normalized spacial score (nSPS) is 21.3. The Morgan fingerprint density at radius 2 is 2.22 bits per heavy atom.